The average molecular weight is 337 g/mol. The molecule has 0 aliphatic heterocycles. The number of sulfone groups is 1. The Hall–Kier alpha value is -0.950. The summed E-state index contributed by atoms with van der Waals surface area (Å²) in [6.45, 7) is 2.78. The quantitative estimate of drug-likeness (QED) is 0.670. The molecule has 0 saturated carbocycles. The summed E-state index contributed by atoms with van der Waals surface area (Å²) in [5.41, 5.74) is -1.18. The van der Waals surface area contributed by atoms with Gasteiger partial charge in [-0.15, -0.1) is 0 Å². The van der Waals surface area contributed by atoms with E-state index in [1.54, 1.807) is 0 Å². The smallest absolute Gasteiger partial charge is 0.378 e. The lowest BCUT2D eigenvalue weighted by atomic mass is 10.1. The maximum Gasteiger partial charge on any atom is 0.453 e. The molecule has 0 spiro atoms. The van der Waals surface area contributed by atoms with Crippen molar-refractivity contribution < 1.29 is 35.1 Å². The van der Waals surface area contributed by atoms with Gasteiger partial charge in [0, 0.05) is 13.5 Å². The fourth-order valence-corrected chi connectivity index (χ4v) is 3.35. The van der Waals surface area contributed by atoms with Crippen LogP contribution in [0.1, 0.15) is 26.7 Å². The first-order chi connectivity index (χ1) is 9.18. The summed E-state index contributed by atoms with van der Waals surface area (Å²) in [5, 5.41) is 6.79. The van der Waals surface area contributed by atoms with E-state index in [9.17, 15) is 30.4 Å². The molecule has 0 saturated heterocycles. The highest BCUT2D eigenvalue weighted by atomic mass is 32.2. The topological polar surface area (TPSA) is 67.2 Å². The van der Waals surface area contributed by atoms with Gasteiger partial charge in [0.2, 0.25) is 0 Å². The molecular formula is C11H16F5NO3S. The molecule has 0 amide bonds. The van der Waals surface area contributed by atoms with Crippen molar-refractivity contribution in [1.82, 2.24) is 0 Å². The zero-order valence-corrected chi connectivity index (χ0v) is 12.5. The number of ether oxygens (including phenoxy) is 1. The molecule has 0 aromatic carbocycles. The third-order valence-corrected chi connectivity index (χ3v) is 5.12. The first-order valence-corrected chi connectivity index (χ1v) is 7.51. The number of halogens is 5. The van der Waals surface area contributed by atoms with Crippen LogP contribution in [0.4, 0.5) is 22.0 Å². The van der Waals surface area contributed by atoms with E-state index in [0.29, 0.717) is 0 Å². The molecule has 0 bridgehead atoms. The number of alkyl halides is 5. The van der Waals surface area contributed by atoms with Gasteiger partial charge in [-0.05, 0) is 20.3 Å². The fourth-order valence-electron chi connectivity index (χ4n) is 1.42. The average Bonchev–Trinajstić information content (AvgIpc) is 2.26. The molecular weight excluding hydrogens is 321 g/mol. The van der Waals surface area contributed by atoms with E-state index in [1.165, 1.54) is 27.0 Å². The van der Waals surface area contributed by atoms with Crippen LogP contribution in [0.25, 0.3) is 0 Å². The molecule has 0 N–H and O–H groups in total. The van der Waals surface area contributed by atoms with Gasteiger partial charge >= 0.3 is 12.1 Å². The van der Waals surface area contributed by atoms with Crippen molar-refractivity contribution in [2.24, 2.45) is 0 Å². The maximum atomic E-state index is 12.8. The molecule has 21 heavy (non-hydrogen) atoms. The Bertz CT molecular complexity index is 493. The largest absolute Gasteiger partial charge is 0.453 e. The number of nitrogens with zero attached hydrogens (tertiary/aromatic N) is 1. The summed E-state index contributed by atoms with van der Waals surface area (Å²) in [5.74, 6) is -5.69. The van der Waals surface area contributed by atoms with Crippen molar-refractivity contribution in [1.29, 1.82) is 5.26 Å². The van der Waals surface area contributed by atoms with Crippen LogP contribution in [0.3, 0.4) is 0 Å². The lowest BCUT2D eigenvalue weighted by Gasteiger charge is -2.25. The zero-order chi connectivity index (χ0) is 17.1. The van der Waals surface area contributed by atoms with Crippen LogP contribution >= 0.6 is 0 Å². The zero-order valence-electron chi connectivity index (χ0n) is 11.7. The number of hydrogen-bond acceptors (Lipinski definition) is 4. The standard InChI is InChI=1S/C11H16F5NO3S/c1-9(2,20-3)7-21(18,19)8(6-17)4-5-10(12,13)11(14,15)16/h8H,4-5,7H2,1-3H3. The summed E-state index contributed by atoms with van der Waals surface area (Å²) in [6, 6.07) is 1.27. The van der Waals surface area contributed by atoms with Crippen LogP contribution in [0.15, 0.2) is 0 Å². The lowest BCUT2D eigenvalue weighted by Crippen LogP contribution is -2.40. The van der Waals surface area contributed by atoms with Crippen LogP contribution in [0.2, 0.25) is 0 Å². The van der Waals surface area contributed by atoms with Gasteiger partial charge in [0.05, 0.1) is 17.4 Å². The number of hydrogen-bond donors (Lipinski definition) is 0. The number of rotatable bonds is 7. The van der Waals surface area contributed by atoms with Gasteiger partial charge in [0.25, 0.3) is 0 Å². The second-order valence-corrected chi connectivity index (χ2v) is 7.31. The summed E-state index contributed by atoms with van der Waals surface area (Å²) in [4.78, 5) is 0. The van der Waals surface area contributed by atoms with Gasteiger partial charge in [0.1, 0.15) is 5.25 Å². The summed E-state index contributed by atoms with van der Waals surface area (Å²) in [7, 11) is -2.98. The minimum absolute atomic E-state index is 0.660. The Morgan fingerprint density at radius 2 is 1.67 bits per heavy atom. The number of nitriles is 1. The lowest BCUT2D eigenvalue weighted by molar-refractivity contribution is -0.284. The second kappa shape index (κ2) is 6.44. The third-order valence-electron chi connectivity index (χ3n) is 2.81. The van der Waals surface area contributed by atoms with Gasteiger partial charge in [-0.25, -0.2) is 8.42 Å². The Morgan fingerprint density at radius 1 is 1.19 bits per heavy atom. The van der Waals surface area contributed by atoms with Crippen molar-refractivity contribution in [3.05, 3.63) is 0 Å². The predicted octanol–water partition coefficient (Wildman–Crippen LogP) is 2.70. The predicted molar refractivity (Wildman–Crippen MR) is 64.5 cm³/mol. The summed E-state index contributed by atoms with van der Waals surface area (Å²) in [6.07, 6.45) is -8.64. The first kappa shape index (κ1) is 20.1. The molecule has 1 unspecified atom stereocenters. The van der Waals surface area contributed by atoms with Crippen molar-refractivity contribution in [3.63, 3.8) is 0 Å². The van der Waals surface area contributed by atoms with E-state index in [2.05, 4.69) is 0 Å². The first-order valence-electron chi connectivity index (χ1n) is 5.79. The van der Waals surface area contributed by atoms with E-state index in [-0.39, 0.29) is 0 Å². The Kier molecular flexibility index (Phi) is 6.15. The van der Waals surface area contributed by atoms with E-state index in [0.717, 1.165) is 0 Å². The van der Waals surface area contributed by atoms with Gasteiger partial charge in [-0.1, -0.05) is 0 Å². The van der Waals surface area contributed by atoms with Crippen LogP contribution in [0, 0.1) is 11.3 Å². The van der Waals surface area contributed by atoms with Crippen LogP contribution < -0.4 is 0 Å². The molecule has 0 aliphatic carbocycles. The van der Waals surface area contributed by atoms with Gasteiger partial charge in [-0.3, -0.25) is 0 Å². The molecule has 124 valence electrons. The van der Waals surface area contributed by atoms with Crippen LogP contribution in [-0.2, 0) is 14.6 Å². The highest BCUT2D eigenvalue weighted by Crippen LogP contribution is 2.39. The van der Waals surface area contributed by atoms with Crippen molar-refractivity contribution in [3.8, 4) is 6.07 Å². The minimum atomic E-state index is -5.78. The van der Waals surface area contributed by atoms with E-state index in [1.807, 2.05) is 0 Å². The Morgan fingerprint density at radius 3 is 2.00 bits per heavy atom. The SMILES string of the molecule is COC(C)(C)CS(=O)(=O)C(C#N)CCC(F)(F)C(F)(F)F. The van der Waals surface area contributed by atoms with Crippen LogP contribution in [-0.4, -0.2) is 44.2 Å². The second-order valence-electron chi connectivity index (χ2n) is 5.13. The van der Waals surface area contributed by atoms with Gasteiger partial charge < -0.3 is 4.74 Å². The third kappa shape index (κ3) is 5.74. The summed E-state index contributed by atoms with van der Waals surface area (Å²) >= 11 is 0. The maximum absolute atomic E-state index is 12.8. The summed E-state index contributed by atoms with van der Waals surface area (Å²) < 4.78 is 90.2. The highest BCUT2D eigenvalue weighted by molar-refractivity contribution is 7.92. The molecule has 0 aromatic heterocycles. The van der Waals surface area contributed by atoms with Crippen molar-refractivity contribution in [2.45, 2.75) is 49.6 Å². The molecule has 4 nitrogen and oxygen atoms in total. The van der Waals surface area contributed by atoms with E-state index >= 15 is 0 Å². The fraction of sp³-hybridized carbons (Fsp3) is 0.909. The normalized spacial score (nSPS) is 15.6. The molecule has 0 aromatic rings. The molecule has 0 radical (unpaired) electrons. The monoisotopic (exact) mass is 337 g/mol. The number of methoxy groups -OCH3 is 1. The molecule has 0 fully saturated rings. The Labute approximate surface area is 119 Å². The van der Waals surface area contributed by atoms with Crippen molar-refractivity contribution >= 4 is 9.84 Å². The molecule has 0 rings (SSSR count). The Balaban J connectivity index is 5.02. The van der Waals surface area contributed by atoms with E-state index < -0.39 is 51.4 Å². The van der Waals surface area contributed by atoms with E-state index in [4.69, 9.17) is 10.00 Å². The van der Waals surface area contributed by atoms with Crippen LogP contribution in [0.5, 0.6) is 0 Å². The van der Waals surface area contributed by atoms with Crippen molar-refractivity contribution in [2.75, 3.05) is 12.9 Å². The minimum Gasteiger partial charge on any atom is -0.378 e. The molecule has 0 heterocycles. The molecule has 10 heteroatoms. The molecule has 1 atom stereocenters. The van der Waals surface area contributed by atoms with Gasteiger partial charge in [-0.2, -0.15) is 27.2 Å². The highest BCUT2D eigenvalue weighted by Gasteiger charge is 2.57. The molecule has 0 aliphatic rings. The van der Waals surface area contributed by atoms with Gasteiger partial charge in [0.15, 0.2) is 9.84 Å².